The molecule has 18 heavy (non-hydrogen) atoms. The van der Waals surface area contributed by atoms with E-state index in [1.807, 2.05) is 0 Å². The minimum Gasteiger partial charge on any atom is -0.337 e. The van der Waals surface area contributed by atoms with Crippen LogP contribution in [-0.4, -0.2) is 37.7 Å². The Bertz CT molecular complexity index is 403. The van der Waals surface area contributed by atoms with Gasteiger partial charge in [-0.2, -0.15) is 4.89 Å². The number of rotatable bonds is 2. The molecule has 1 N–H and O–H groups in total. The standard InChI is InChI=1S/C14H20N2O2/c1-2-13-4-3-12(10-14(13)18-17-9-1)11-16-7-5-15-6-8-16/h3-4,10,15H,1-2,5-9,11H2. The minimum atomic E-state index is 0.682. The summed E-state index contributed by atoms with van der Waals surface area (Å²) in [6.07, 6.45) is 2.08. The normalized spacial score (nSPS) is 20.9. The molecule has 0 saturated carbocycles. The molecule has 0 atom stereocenters. The Kier molecular flexibility index (Phi) is 3.78. The lowest BCUT2D eigenvalue weighted by molar-refractivity contribution is -0.203. The largest absolute Gasteiger partial charge is 0.337 e. The number of aryl methyl sites for hydroxylation is 1. The van der Waals surface area contributed by atoms with Gasteiger partial charge in [-0.25, -0.2) is 0 Å². The molecule has 4 heteroatoms. The lowest BCUT2D eigenvalue weighted by Crippen LogP contribution is -2.42. The zero-order chi connectivity index (χ0) is 12.2. The molecule has 0 unspecified atom stereocenters. The summed E-state index contributed by atoms with van der Waals surface area (Å²) >= 11 is 0. The van der Waals surface area contributed by atoms with Crippen molar-refractivity contribution in [2.45, 2.75) is 19.4 Å². The number of fused-ring (bicyclic) bond motifs is 1. The van der Waals surface area contributed by atoms with Crippen molar-refractivity contribution in [1.82, 2.24) is 10.2 Å². The topological polar surface area (TPSA) is 33.7 Å². The van der Waals surface area contributed by atoms with Gasteiger partial charge in [-0.3, -0.25) is 4.90 Å². The summed E-state index contributed by atoms with van der Waals surface area (Å²) in [7, 11) is 0. The van der Waals surface area contributed by atoms with Gasteiger partial charge in [-0.1, -0.05) is 12.1 Å². The van der Waals surface area contributed by atoms with E-state index in [-0.39, 0.29) is 0 Å². The number of piperazine rings is 1. The van der Waals surface area contributed by atoms with Gasteiger partial charge in [0, 0.05) is 32.7 Å². The Labute approximate surface area is 108 Å². The highest BCUT2D eigenvalue weighted by atomic mass is 17.2. The van der Waals surface area contributed by atoms with Crippen LogP contribution in [-0.2, 0) is 17.9 Å². The Morgan fingerprint density at radius 3 is 3.00 bits per heavy atom. The van der Waals surface area contributed by atoms with Crippen LogP contribution < -0.4 is 10.2 Å². The van der Waals surface area contributed by atoms with Crippen molar-refractivity contribution in [3.63, 3.8) is 0 Å². The van der Waals surface area contributed by atoms with Crippen LogP contribution in [0.5, 0.6) is 5.75 Å². The van der Waals surface area contributed by atoms with Crippen molar-refractivity contribution in [2.24, 2.45) is 0 Å². The summed E-state index contributed by atoms with van der Waals surface area (Å²) in [5, 5.41) is 3.37. The summed E-state index contributed by atoms with van der Waals surface area (Å²) < 4.78 is 0. The number of benzene rings is 1. The monoisotopic (exact) mass is 248 g/mol. The highest BCUT2D eigenvalue weighted by Crippen LogP contribution is 2.25. The molecule has 2 aliphatic rings. The Morgan fingerprint density at radius 1 is 1.22 bits per heavy atom. The summed E-state index contributed by atoms with van der Waals surface area (Å²) in [5.41, 5.74) is 2.57. The maximum Gasteiger partial charge on any atom is 0.168 e. The summed E-state index contributed by atoms with van der Waals surface area (Å²) in [6, 6.07) is 6.53. The summed E-state index contributed by atoms with van der Waals surface area (Å²) in [6.45, 7) is 6.10. The second-order valence-electron chi connectivity index (χ2n) is 4.98. The minimum absolute atomic E-state index is 0.682. The van der Waals surface area contributed by atoms with Gasteiger partial charge in [0.25, 0.3) is 0 Å². The van der Waals surface area contributed by atoms with Gasteiger partial charge in [0.2, 0.25) is 0 Å². The maximum absolute atomic E-state index is 5.35. The first-order valence-corrected chi connectivity index (χ1v) is 6.76. The van der Waals surface area contributed by atoms with Crippen LogP contribution in [0, 0.1) is 0 Å². The van der Waals surface area contributed by atoms with Crippen molar-refractivity contribution in [3.05, 3.63) is 29.3 Å². The van der Waals surface area contributed by atoms with E-state index >= 15 is 0 Å². The first kappa shape index (κ1) is 12.0. The van der Waals surface area contributed by atoms with Crippen molar-refractivity contribution in [3.8, 4) is 5.75 Å². The van der Waals surface area contributed by atoms with Crippen molar-refractivity contribution in [1.29, 1.82) is 0 Å². The third kappa shape index (κ3) is 2.83. The van der Waals surface area contributed by atoms with E-state index in [0.29, 0.717) is 6.61 Å². The van der Waals surface area contributed by atoms with Crippen LogP contribution in [0.1, 0.15) is 17.5 Å². The van der Waals surface area contributed by atoms with Crippen LogP contribution >= 0.6 is 0 Å². The molecule has 2 heterocycles. The van der Waals surface area contributed by atoms with Gasteiger partial charge in [0.15, 0.2) is 5.75 Å². The molecule has 0 amide bonds. The van der Waals surface area contributed by atoms with Gasteiger partial charge in [-0.05, 0) is 30.0 Å². The molecule has 1 aromatic rings. The molecule has 0 spiro atoms. The average molecular weight is 248 g/mol. The predicted octanol–water partition coefficient (Wildman–Crippen LogP) is 1.35. The lowest BCUT2D eigenvalue weighted by atomic mass is 10.1. The second-order valence-corrected chi connectivity index (χ2v) is 4.98. The zero-order valence-corrected chi connectivity index (χ0v) is 10.7. The highest BCUT2D eigenvalue weighted by Gasteiger charge is 2.13. The molecule has 98 valence electrons. The van der Waals surface area contributed by atoms with E-state index in [4.69, 9.17) is 9.78 Å². The summed E-state index contributed by atoms with van der Waals surface area (Å²) in [4.78, 5) is 13.0. The quantitative estimate of drug-likeness (QED) is 0.801. The van der Waals surface area contributed by atoms with Crippen LogP contribution in [0.15, 0.2) is 18.2 Å². The zero-order valence-electron chi connectivity index (χ0n) is 10.7. The molecular weight excluding hydrogens is 228 g/mol. The van der Waals surface area contributed by atoms with Gasteiger partial charge < -0.3 is 10.2 Å². The molecule has 1 fully saturated rings. The Morgan fingerprint density at radius 2 is 2.11 bits per heavy atom. The van der Waals surface area contributed by atoms with Crippen LogP contribution in [0.4, 0.5) is 0 Å². The molecule has 0 aliphatic carbocycles. The molecular formula is C14H20N2O2. The van der Waals surface area contributed by atoms with Gasteiger partial charge in [0.1, 0.15) is 0 Å². The molecule has 0 bridgehead atoms. The van der Waals surface area contributed by atoms with Crippen molar-refractivity contribution in [2.75, 3.05) is 32.8 Å². The molecule has 4 nitrogen and oxygen atoms in total. The van der Waals surface area contributed by atoms with E-state index < -0.39 is 0 Å². The van der Waals surface area contributed by atoms with Gasteiger partial charge >= 0.3 is 0 Å². The first-order chi connectivity index (χ1) is 8.92. The molecule has 3 rings (SSSR count). The van der Waals surface area contributed by atoms with E-state index in [2.05, 4.69) is 28.4 Å². The van der Waals surface area contributed by atoms with E-state index in [1.165, 1.54) is 11.1 Å². The molecule has 1 aromatic carbocycles. The van der Waals surface area contributed by atoms with E-state index in [0.717, 1.165) is 51.3 Å². The Balaban J connectivity index is 1.70. The van der Waals surface area contributed by atoms with Crippen molar-refractivity contribution < 1.29 is 9.78 Å². The van der Waals surface area contributed by atoms with Crippen molar-refractivity contribution >= 4 is 0 Å². The first-order valence-electron chi connectivity index (χ1n) is 6.76. The van der Waals surface area contributed by atoms with E-state index in [1.54, 1.807) is 0 Å². The Hall–Kier alpha value is -1.10. The fourth-order valence-corrected chi connectivity index (χ4v) is 2.54. The maximum atomic E-state index is 5.35. The molecule has 0 aromatic heterocycles. The van der Waals surface area contributed by atoms with E-state index in [9.17, 15) is 0 Å². The average Bonchev–Trinajstić information content (AvgIpc) is 2.64. The third-order valence-electron chi connectivity index (χ3n) is 3.57. The highest BCUT2D eigenvalue weighted by molar-refractivity contribution is 5.37. The van der Waals surface area contributed by atoms with Crippen LogP contribution in [0.2, 0.25) is 0 Å². The third-order valence-corrected chi connectivity index (χ3v) is 3.57. The molecule has 1 saturated heterocycles. The number of hydrogen-bond acceptors (Lipinski definition) is 4. The van der Waals surface area contributed by atoms with Gasteiger partial charge in [0.05, 0.1) is 6.61 Å². The van der Waals surface area contributed by atoms with Crippen LogP contribution in [0.3, 0.4) is 0 Å². The summed E-state index contributed by atoms with van der Waals surface area (Å²) in [5.74, 6) is 0.903. The molecule has 2 aliphatic heterocycles. The lowest BCUT2D eigenvalue weighted by Gasteiger charge is -2.27. The van der Waals surface area contributed by atoms with Crippen LogP contribution in [0.25, 0.3) is 0 Å². The predicted molar refractivity (Wildman–Crippen MR) is 69.5 cm³/mol. The number of hydrogen-bond donors (Lipinski definition) is 1. The fraction of sp³-hybridized carbons (Fsp3) is 0.571. The number of nitrogens with zero attached hydrogens (tertiary/aromatic N) is 1. The number of nitrogens with one attached hydrogen (secondary N) is 1. The van der Waals surface area contributed by atoms with Gasteiger partial charge in [-0.15, -0.1) is 0 Å². The second kappa shape index (κ2) is 5.69. The fourth-order valence-electron chi connectivity index (χ4n) is 2.54. The SMILES string of the molecule is c1cc2c(cc1CN1CCNCC1)OOCCC2. The smallest absolute Gasteiger partial charge is 0.168 e. The molecule has 0 radical (unpaired) electrons.